The van der Waals surface area contributed by atoms with E-state index in [1.807, 2.05) is 17.6 Å². The molecule has 0 atom stereocenters. The molecule has 8 heteroatoms. The first-order chi connectivity index (χ1) is 12.2. The highest BCUT2D eigenvalue weighted by Crippen LogP contribution is 2.24. The van der Waals surface area contributed by atoms with Crippen LogP contribution in [-0.4, -0.2) is 26.4 Å². The number of nitrogens with one attached hydrogen (secondary N) is 1. The number of nitrogens with zero attached hydrogens (tertiary/aromatic N) is 4. The Morgan fingerprint density at radius 2 is 2.16 bits per heavy atom. The van der Waals surface area contributed by atoms with Gasteiger partial charge >= 0.3 is 0 Å². The average Bonchev–Trinajstić information content (AvgIpc) is 3.29. The first kappa shape index (κ1) is 16.8. The fraction of sp³-hybridized carbons (Fsp3) is 0.176. The predicted molar refractivity (Wildman–Crippen MR) is 93.9 cm³/mol. The minimum absolute atomic E-state index is 0.163. The van der Waals surface area contributed by atoms with E-state index in [4.69, 9.17) is 9.68 Å². The molecule has 1 amide bonds. The van der Waals surface area contributed by atoms with E-state index in [2.05, 4.69) is 21.6 Å². The van der Waals surface area contributed by atoms with Crippen molar-refractivity contribution in [1.29, 1.82) is 5.26 Å². The minimum atomic E-state index is -0.210. The Labute approximate surface area is 148 Å². The number of anilines is 1. The van der Waals surface area contributed by atoms with Crippen molar-refractivity contribution in [1.82, 2.24) is 14.8 Å². The topological polar surface area (TPSA) is 96.7 Å². The molecule has 1 N–H and O–H groups in total. The number of hydrogen-bond acceptors (Lipinski definition) is 6. The summed E-state index contributed by atoms with van der Waals surface area (Å²) in [5.74, 6) is 1.22. The molecule has 0 unspecified atom stereocenters. The summed E-state index contributed by atoms with van der Waals surface area (Å²) in [5.41, 5.74) is 0.932. The lowest BCUT2D eigenvalue weighted by Crippen LogP contribution is -2.15. The molecular formula is C17H15N5O2S. The Balaban J connectivity index is 1.68. The molecular weight excluding hydrogens is 338 g/mol. The normalized spacial score (nSPS) is 10.4. The summed E-state index contributed by atoms with van der Waals surface area (Å²) >= 11 is 1.28. The summed E-state index contributed by atoms with van der Waals surface area (Å²) < 4.78 is 7.25. The van der Waals surface area contributed by atoms with E-state index in [9.17, 15) is 4.79 Å². The molecule has 0 fully saturated rings. The van der Waals surface area contributed by atoms with Crippen LogP contribution in [0.3, 0.4) is 0 Å². The van der Waals surface area contributed by atoms with Crippen LogP contribution in [0.5, 0.6) is 0 Å². The molecule has 0 aliphatic heterocycles. The van der Waals surface area contributed by atoms with Crippen molar-refractivity contribution in [2.24, 2.45) is 0 Å². The van der Waals surface area contributed by atoms with Crippen molar-refractivity contribution in [2.45, 2.75) is 18.6 Å². The maximum absolute atomic E-state index is 12.2. The van der Waals surface area contributed by atoms with Crippen molar-refractivity contribution in [3.63, 3.8) is 0 Å². The van der Waals surface area contributed by atoms with Gasteiger partial charge in [-0.05, 0) is 31.2 Å². The lowest BCUT2D eigenvalue weighted by Gasteiger charge is -2.07. The van der Waals surface area contributed by atoms with Gasteiger partial charge in [-0.2, -0.15) is 5.26 Å². The Bertz CT molecular complexity index is 912. The highest BCUT2D eigenvalue weighted by Gasteiger charge is 2.16. The molecule has 0 radical (unpaired) electrons. The van der Waals surface area contributed by atoms with E-state index >= 15 is 0 Å². The van der Waals surface area contributed by atoms with Gasteiger partial charge in [-0.15, -0.1) is 10.2 Å². The van der Waals surface area contributed by atoms with Crippen molar-refractivity contribution in [3.8, 4) is 17.7 Å². The third kappa shape index (κ3) is 3.72. The number of para-hydroxylation sites is 1. The van der Waals surface area contributed by atoms with Crippen molar-refractivity contribution >= 4 is 23.4 Å². The molecule has 0 spiro atoms. The predicted octanol–water partition coefficient (Wildman–Crippen LogP) is 3.16. The van der Waals surface area contributed by atoms with Crippen LogP contribution in [-0.2, 0) is 11.3 Å². The second-order valence-electron chi connectivity index (χ2n) is 5.02. The summed E-state index contributed by atoms with van der Waals surface area (Å²) in [6.07, 6.45) is 1.58. The van der Waals surface area contributed by atoms with Crippen LogP contribution in [0.1, 0.15) is 12.5 Å². The van der Waals surface area contributed by atoms with E-state index < -0.39 is 0 Å². The monoisotopic (exact) mass is 353 g/mol. The molecule has 25 heavy (non-hydrogen) atoms. The summed E-state index contributed by atoms with van der Waals surface area (Å²) in [6.45, 7) is 2.63. The molecule has 7 nitrogen and oxygen atoms in total. The van der Waals surface area contributed by atoms with Crippen LogP contribution in [0.4, 0.5) is 5.69 Å². The number of hydrogen-bond donors (Lipinski definition) is 1. The average molecular weight is 353 g/mol. The molecule has 0 saturated carbocycles. The fourth-order valence-electron chi connectivity index (χ4n) is 2.27. The minimum Gasteiger partial charge on any atom is -0.461 e. The van der Waals surface area contributed by atoms with Crippen LogP contribution in [0.15, 0.2) is 52.2 Å². The Hall–Kier alpha value is -3.05. The van der Waals surface area contributed by atoms with Crippen LogP contribution in [0.25, 0.3) is 11.6 Å². The van der Waals surface area contributed by atoms with Crippen LogP contribution < -0.4 is 5.32 Å². The van der Waals surface area contributed by atoms with E-state index in [0.717, 1.165) is 0 Å². The van der Waals surface area contributed by atoms with Crippen LogP contribution in [0, 0.1) is 11.3 Å². The van der Waals surface area contributed by atoms with Crippen molar-refractivity contribution in [3.05, 3.63) is 48.2 Å². The van der Waals surface area contributed by atoms with E-state index in [-0.39, 0.29) is 11.7 Å². The third-order valence-electron chi connectivity index (χ3n) is 3.43. The fourth-order valence-corrected chi connectivity index (χ4v) is 3.08. The van der Waals surface area contributed by atoms with Gasteiger partial charge in [-0.25, -0.2) is 0 Å². The van der Waals surface area contributed by atoms with Gasteiger partial charge in [0.25, 0.3) is 0 Å². The van der Waals surface area contributed by atoms with E-state index in [1.165, 1.54) is 11.8 Å². The second kappa shape index (κ2) is 7.68. The summed E-state index contributed by atoms with van der Waals surface area (Å²) in [7, 11) is 0. The molecule has 0 bridgehead atoms. The molecule has 3 aromatic rings. The number of benzene rings is 1. The van der Waals surface area contributed by atoms with Crippen molar-refractivity contribution in [2.75, 3.05) is 11.1 Å². The van der Waals surface area contributed by atoms with Gasteiger partial charge < -0.3 is 9.73 Å². The quantitative estimate of drug-likeness (QED) is 0.684. The summed E-state index contributed by atoms with van der Waals surface area (Å²) in [4.78, 5) is 12.2. The first-order valence-corrected chi connectivity index (χ1v) is 8.60. The number of carbonyl (C=O) groups is 1. The second-order valence-corrected chi connectivity index (χ2v) is 5.96. The Kier molecular flexibility index (Phi) is 5.16. The molecule has 1 aromatic carbocycles. The number of rotatable bonds is 6. The van der Waals surface area contributed by atoms with Gasteiger partial charge in [0.2, 0.25) is 5.91 Å². The number of amides is 1. The smallest absolute Gasteiger partial charge is 0.234 e. The van der Waals surface area contributed by atoms with Gasteiger partial charge in [-0.3, -0.25) is 9.36 Å². The zero-order chi connectivity index (χ0) is 17.6. The highest BCUT2D eigenvalue weighted by atomic mass is 32.2. The maximum atomic E-state index is 12.2. The molecule has 0 aliphatic carbocycles. The van der Waals surface area contributed by atoms with Gasteiger partial charge in [0, 0.05) is 6.54 Å². The zero-order valence-corrected chi connectivity index (χ0v) is 14.3. The van der Waals surface area contributed by atoms with E-state index in [1.54, 1.807) is 36.6 Å². The van der Waals surface area contributed by atoms with Crippen LogP contribution >= 0.6 is 11.8 Å². The largest absolute Gasteiger partial charge is 0.461 e. The Morgan fingerprint density at radius 1 is 1.32 bits per heavy atom. The first-order valence-electron chi connectivity index (χ1n) is 7.61. The number of thioether (sulfide) groups is 1. The SMILES string of the molecule is CCn1c(SCC(=O)Nc2ccccc2C#N)nnc1-c1ccco1. The lowest BCUT2D eigenvalue weighted by atomic mass is 10.2. The number of nitriles is 1. The van der Waals surface area contributed by atoms with Gasteiger partial charge in [0.05, 0.1) is 23.3 Å². The zero-order valence-electron chi connectivity index (χ0n) is 13.5. The van der Waals surface area contributed by atoms with Crippen LogP contribution in [0.2, 0.25) is 0 Å². The van der Waals surface area contributed by atoms with E-state index in [0.29, 0.717) is 34.5 Å². The molecule has 126 valence electrons. The number of carbonyl (C=O) groups excluding carboxylic acids is 1. The van der Waals surface area contributed by atoms with Crippen molar-refractivity contribution < 1.29 is 9.21 Å². The third-order valence-corrected chi connectivity index (χ3v) is 4.40. The summed E-state index contributed by atoms with van der Waals surface area (Å²) in [6, 6.07) is 12.5. The van der Waals surface area contributed by atoms with Gasteiger partial charge in [0.1, 0.15) is 6.07 Å². The van der Waals surface area contributed by atoms with Gasteiger partial charge in [0.15, 0.2) is 16.7 Å². The molecule has 3 rings (SSSR count). The summed E-state index contributed by atoms with van der Waals surface area (Å²) in [5, 5.41) is 20.7. The molecule has 2 aromatic heterocycles. The lowest BCUT2D eigenvalue weighted by molar-refractivity contribution is -0.113. The standard InChI is InChI=1S/C17H15N5O2S/c1-2-22-16(14-8-5-9-24-14)20-21-17(22)25-11-15(23)19-13-7-4-3-6-12(13)10-18/h3-9H,2,11H2,1H3,(H,19,23). The molecule has 0 saturated heterocycles. The molecule has 0 aliphatic rings. The number of furan rings is 1. The maximum Gasteiger partial charge on any atom is 0.234 e. The number of aromatic nitrogens is 3. The Morgan fingerprint density at radius 3 is 2.88 bits per heavy atom. The highest BCUT2D eigenvalue weighted by molar-refractivity contribution is 7.99. The molecule has 2 heterocycles. The van der Waals surface area contributed by atoms with Gasteiger partial charge in [-0.1, -0.05) is 23.9 Å².